The molecule has 1 heteroatoms. The smallest absolute Gasteiger partial charge is 0.0543 e. The van der Waals surface area contributed by atoms with E-state index in [0.29, 0.717) is 0 Å². The predicted molar refractivity (Wildman–Crippen MR) is 49.8 cm³/mol. The maximum absolute atomic E-state index is 9.41. The normalized spacial score (nSPS) is 41.9. The first kappa shape index (κ1) is 8.31. The number of aliphatic hydroxyl groups is 1. The van der Waals surface area contributed by atoms with Crippen molar-refractivity contribution in [3.63, 3.8) is 0 Å². The molecule has 0 radical (unpaired) electrons. The van der Waals surface area contributed by atoms with Gasteiger partial charge in [0.05, 0.1) is 6.10 Å². The molecule has 1 nitrogen and oxygen atoms in total. The van der Waals surface area contributed by atoms with Crippen molar-refractivity contribution in [2.45, 2.75) is 44.6 Å². The molecule has 68 valence electrons. The molecule has 1 saturated carbocycles. The highest BCUT2D eigenvalue weighted by Crippen LogP contribution is 2.37. The van der Waals surface area contributed by atoms with Gasteiger partial charge in [0.25, 0.3) is 0 Å². The van der Waals surface area contributed by atoms with Crippen LogP contribution in [-0.2, 0) is 0 Å². The average Bonchev–Trinajstić information content (AvgIpc) is 2.54. The van der Waals surface area contributed by atoms with Gasteiger partial charge in [-0.15, -0.1) is 0 Å². The van der Waals surface area contributed by atoms with E-state index in [1.54, 1.807) is 0 Å². The molecule has 0 heterocycles. The second kappa shape index (κ2) is 3.61. The first-order valence-corrected chi connectivity index (χ1v) is 5.19. The molecule has 0 aromatic heterocycles. The van der Waals surface area contributed by atoms with E-state index in [1.165, 1.54) is 25.7 Å². The molecule has 2 aliphatic rings. The molecule has 3 unspecified atom stereocenters. The molecule has 12 heavy (non-hydrogen) atoms. The van der Waals surface area contributed by atoms with Crippen molar-refractivity contribution in [2.24, 2.45) is 11.8 Å². The zero-order chi connectivity index (χ0) is 8.39. The number of hydrogen-bond acceptors (Lipinski definition) is 1. The van der Waals surface area contributed by atoms with E-state index in [9.17, 15) is 5.11 Å². The molecular weight excluding hydrogens is 148 g/mol. The van der Waals surface area contributed by atoms with Crippen LogP contribution in [0.3, 0.4) is 0 Å². The monoisotopic (exact) mass is 166 g/mol. The third kappa shape index (κ3) is 1.71. The average molecular weight is 166 g/mol. The molecule has 2 aliphatic carbocycles. The molecule has 0 spiro atoms. The van der Waals surface area contributed by atoms with E-state index in [0.717, 1.165) is 24.7 Å². The lowest BCUT2D eigenvalue weighted by molar-refractivity contribution is 0.169. The Balaban J connectivity index is 1.88. The van der Waals surface area contributed by atoms with Crippen LogP contribution in [0.4, 0.5) is 0 Å². The molecule has 2 rings (SSSR count). The van der Waals surface area contributed by atoms with Crippen LogP contribution < -0.4 is 0 Å². The fourth-order valence-corrected chi connectivity index (χ4v) is 2.66. The number of aliphatic hydroxyl groups excluding tert-OH is 1. The fraction of sp³-hybridized carbons (Fsp3) is 0.818. The molecule has 1 N–H and O–H groups in total. The minimum atomic E-state index is 0.0147. The first-order valence-electron chi connectivity index (χ1n) is 5.19. The summed E-state index contributed by atoms with van der Waals surface area (Å²) in [4.78, 5) is 0. The van der Waals surface area contributed by atoms with Crippen molar-refractivity contribution < 1.29 is 5.11 Å². The lowest BCUT2D eigenvalue weighted by Gasteiger charge is -2.24. The highest BCUT2D eigenvalue weighted by atomic mass is 16.3. The number of hydrogen-bond donors (Lipinski definition) is 1. The summed E-state index contributed by atoms with van der Waals surface area (Å²) >= 11 is 0. The Bertz CT molecular complexity index is 174. The standard InChI is InChI=1S/C11H18O/c12-11-7-6-10(8-11)9-4-2-1-3-5-9/h1-2,9-12H,3-8H2. The summed E-state index contributed by atoms with van der Waals surface area (Å²) in [6.07, 6.45) is 11.9. The van der Waals surface area contributed by atoms with E-state index < -0.39 is 0 Å². The Kier molecular flexibility index (Phi) is 2.50. The zero-order valence-corrected chi connectivity index (χ0v) is 7.58. The highest BCUT2D eigenvalue weighted by molar-refractivity contribution is 4.93. The van der Waals surface area contributed by atoms with Crippen LogP contribution in [0.2, 0.25) is 0 Å². The lowest BCUT2D eigenvalue weighted by Crippen LogP contribution is -2.14. The van der Waals surface area contributed by atoms with Gasteiger partial charge in [-0.25, -0.2) is 0 Å². The van der Waals surface area contributed by atoms with Crippen LogP contribution in [-0.4, -0.2) is 11.2 Å². The Labute approximate surface area is 74.5 Å². The summed E-state index contributed by atoms with van der Waals surface area (Å²) in [6, 6.07) is 0. The summed E-state index contributed by atoms with van der Waals surface area (Å²) in [5, 5.41) is 9.41. The number of rotatable bonds is 1. The maximum atomic E-state index is 9.41. The molecule has 0 amide bonds. The summed E-state index contributed by atoms with van der Waals surface area (Å²) in [6.45, 7) is 0. The molecule has 0 aromatic rings. The van der Waals surface area contributed by atoms with E-state index in [-0.39, 0.29) is 6.10 Å². The predicted octanol–water partition coefficient (Wildman–Crippen LogP) is 2.50. The van der Waals surface area contributed by atoms with Gasteiger partial charge >= 0.3 is 0 Å². The molecule has 0 bridgehead atoms. The van der Waals surface area contributed by atoms with Crippen molar-refractivity contribution in [3.05, 3.63) is 12.2 Å². The van der Waals surface area contributed by atoms with Crippen LogP contribution in [0.15, 0.2) is 12.2 Å². The summed E-state index contributed by atoms with van der Waals surface area (Å²) < 4.78 is 0. The molecule has 0 aromatic carbocycles. The Morgan fingerprint density at radius 2 is 1.92 bits per heavy atom. The lowest BCUT2D eigenvalue weighted by atomic mass is 9.82. The van der Waals surface area contributed by atoms with Crippen molar-refractivity contribution in [2.75, 3.05) is 0 Å². The summed E-state index contributed by atoms with van der Waals surface area (Å²) in [5.74, 6) is 1.71. The van der Waals surface area contributed by atoms with Gasteiger partial charge in [0, 0.05) is 0 Å². The van der Waals surface area contributed by atoms with Gasteiger partial charge in [0.1, 0.15) is 0 Å². The van der Waals surface area contributed by atoms with Crippen molar-refractivity contribution in [3.8, 4) is 0 Å². The van der Waals surface area contributed by atoms with E-state index in [2.05, 4.69) is 12.2 Å². The van der Waals surface area contributed by atoms with Gasteiger partial charge in [-0.2, -0.15) is 0 Å². The highest BCUT2D eigenvalue weighted by Gasteiger charge is 2.29. The van der Waals surface area contributed by atoms with Gasteiger partial charge in [-0.05, 0) is 50.4 Å². The van der Waals surface area contributed by atoms with Gasteiger partial charge in [-0.1, -0.05) is 12.2 Å². The third-order valence-electron chi connectivity index (χ3n) is 3.42. The molecule has 3 atom stereocenters. The second-order valence-electron chi connectivity index (χ2n) is 4.27. The largest absolute Gasteiger partial charge is 0.393 e. The van der Waals surface area contributed by atoms with Crippen molar-refractivity contribution >= 4 is 0 Å². The Morgan fingerprint density at radius 1 is 1.00 bits per heavy atom. The molecular formula is C11H18O. The van der Waals surface area contributed by atoms with E-state index >= 15 is 0 Å². The summed E-state index contributed by atoms with van der Waals surface area (Å²) in [5.41, 5.74) is 0. The Hall–Kier alpha value is -0.300. The zero-order valence-electron chi connectivity index (χ0n) is 7.58. The van der Waals surface area contributed by atoms with E-state index in [1.807, 2.05) is 0 Å². The van der Waals surface area contributed by atoms with Gasteiger partial charge in [0.2, 0.25) is 0 Å². The van der Waals surface area contributed by atoms with Crippen LogP contribution in [0.5, 0.6) is 0 Å². The fourth-order valence-electron chi connectivity index (χ4n) is 2.66. The van der Waals surface area contributed by atoms with Crippen LogP contribution in [0.25, 0.3) is 0 Å². The molecule has 0 saturated heterocycles. The van der Waals surface area contributed by atoms with Crippen LogP contribution in [0.1, 0.15) is 38.5 Å². The SMILES string of the molecule is OC1CCC(C2CC=CCC2)C1. The van der Waals surface area contributed by atoms with Crippen molar-refractivity contribution in [1.29, 1.82) is 0 Å². The van der Waals surface area contributed by atoms with Gasteiger partial charge < -0.3 is 5.11 Å². The Morgan fingerprint density at radius 3 is 2.50 bits per heavy atom. The molecule has 0 aliphatic heterocycles. The minimum absolute atomic E-state index is 0.0147. The summed E-state index contributed by atoms with van der Waals surface area (Å²) in [7, 11) is 0. The van der Waals surface area contributed by atoms with Crippen molar-refractivity contribution in [1.82, 2.24) is 0 Å². The second-order valence-corrected chi connectivity index (χ2v) is 4.27. The maximum Gasteiger partial charge on any atom is 0.0543 e. The first-order chi connectivity index (χ1) is 5.86. The van der Waals surface area contributed by atoms with Crippen LogP contribution in [0, 0.1) is 11.8 Å². The number of allylic oxidation sites excluding steroid dienone is 2. The van der Waals surface area contributed by atoms with Gasteiger partial charge in [-0.3, -0.25) is 0 Å². The molecule has 1 fully saturated rings. The van der Waals surface area contributed by atoms with E-state index in [4.69, 9.17) is 0 Å². The van der Waals surface area contributed by atoms with Gasteiger partial charge in [0.15, 0.2) is 0 Å². The third-order valence-corrected chi connectivity index (χ3v) is 3.42. The quantitative estimate of drug-likeness (QED) is 0.593. The minimum Gasteiger partial charge on any atom is -0.393 e. The topological polar surface area (TPSA) is 20.2 Å². The van der Waals surface area contributed by atoms with Crippen LogP contribution >= 0.6 is 0 Å².